The predicted molar refractivity (Wildman–Crippen MR) is 69.4 cm³/mol. The van der Waals surface area contributed by atoms with Crippen LogP contribution in [0.15, 0.2) is 12.4 Å². The Bertz CT molecular complexity index is 373. The molecule has 0 aromatic carbocycles. The molecule has 1 amide bonds. The van der Waals surface area contributed by atoms with Gasteiger partial charge in [0, 0.05) is 23.0 Å². The average molecular weight is 335 g/mol. The Morgan fingerprint density at radius 3 is 2.31 bits per heavy atom. The number of hydrogen-bond acceptors (Lipinski definition) is 4. The minimum Gasteiger partial charge on any atom is -0.443 e. The van der Waals surface area contributed by atoms with E-state index >= 15 is 0 Å². The monoisotopic (exact) mass is 335 g/mol. The third-order valence-corrected chi connectivity index (χ3v) is 2.13. The van der Waals surface area contributed by atoms with Gasteiger partial charge in [0.15, 0.2) is 0 Å². The summed E-state index contributed by atoms with van der Waals surface area (Å²) in [6.07, 6.45) is 2.82. The topological polar surface area (TPSA) is 55.3 Å². The third kappa shape index (κ3) is 3.92. The summed E-state index contributed by atoms with van der Waals surface area (Å²) in [4.78, 5) is 21.0. The van der Waals surface area contributed by atoms with Crippen molar-refractivity contribution < 1.29 is 9.53 Å². The lowest BCUT2D eigenvalue weighted by atomic mass is 10.2. The van der Waals surface area contributed by atoms with Crippen LogP contribution in [-0.2, 0) is 4.74 Å². The number of aromatic nitrogens is 2. The molecule has 0 N–H and O–H groups in total. The molecule has 0 bridgehead atoms. The van der Waals surface area contributed by atoms with Crippen molar-refractivity contribution in [2.24, 2.45) is 0 Å². The van der Waals surface area contributed by atoms with Crippen LogP contribution in [0.2, 0.25) is 0 Å². The van der Waals surface area contributed by atoms with Crippen molar-refractivity contribution in [3.63, 3.8) is 0 Å². The average Bonchev–Trinajstić information content (AvgIpc) is 2.15. The lowest BCUT2D eigenvalue weighted by Crippen LogP contribution is -2.35. The fourth-order valence-electron chi connectivity index (χ4n) is 0.891. The van der Waals surface area contributed by atoms with Crippen molar-refractivity contribution in [2.75, 3.05) is 11.9 Å². The molecule has 0 aliphatic carbocycles. The van der Waals surface area contributed by atoms with E-state index in [0.717, 1.165) is 3.57 Å². The van der Waals surface area contributed by atoms with Gasteiger partial charge in [-0.15, -0.1) is 0 Å². The molecule has 0 aliphatic rings. The van der Waals surface area contributed by atoms with Gasteiger partial charge in [0.1, 0.15) is 5.60 Å². The molecule has 0 spiro atoms. The van der Waals surface area contributed by atoms with Gasteiger partial charge in [-0.2, -0.15) is 0 Å². The molecule has 1 heterocycles. The number of amides is 1. The smallest absolute Gasteiger partial charge is 0.416 e. The van der Waals surface area contributed by atoms with Crippen LogP contribution < -0.4 is 4.90 Å². The van der Waals surface area contributed by atoms with Crippen LogP contribution in [0.4, 0.5) is 10.7 Å². The van der Waals surface area contributed by atoms with Gasteiger partial charge < -0.3 is 4.74 Å². The highest BCUT2D eigenvalue weighted by atomic mass is 127. The summed E-state index contributed by atoms with van der Waals surface area (Å²) >= 11 is 2.10. The molecule has 0 saturated heterocycles. The quantitative estimate of drug-likeness (QED) is 0.740. The van der Waals surface area contributed by atoms with Crippen molar-refractivity contribution >= 4 is 34.6 Å². The highest BCUT2D eigenvalue weighted by Gasteiger charge is 2.21. The van der Waals surface area contributed by atoms with Crippen LogP contribution >= 0.6 is 22.6 Å². The van der Waals surface area contributed by atoms with Gasteiger partial charge in [-0.3, -0.25) is 0 Å². The zero-order valence-electron chi connectivity index (χ0n) is 9.69. The number of hydrogen-bond donors (Lipinski definition) is 0. The first-order valence-corrected chi connectivity index (χ1v) is 5.82. The Hall–Kier alpha value is -0.920. The molecule has 0 aliphatic heterocycles. The van der Waals surface area contributed by atoms with Gasteiger partial charge in [0.25, 0.3) is 0 Å². The summed E-state index contributed by atoms with van der Waals surface area (Å²) in [5.74, 6) is 0.328. The Morgan fingerprint density at radius 1 is 1.38 bits per heavy atom. The minimum absolute atomic E-state index is 0.328. The van der Waals surface area contributed by atoms with E-state index in [1.54, 1.807) is 19.4 Å². The van der Waals surface area contributed by atoms with E-state index in [4.69, 9.17) is 4.74 Å². The van der Waals surface area contributed by atoms with Crippen LogP contribution in [0.25, 0.3) is 0 Å². The summed E-state index contributed by atoms with van der Waals surface area (Å²) in [7, 11) is 1.58. The molecule has 0 fully saturated rings. The van der Waals surface area contributed by atoms with Crippen LogP contribution in [0.1, 0.15) is 20.8 Å². The van der Waals surface area contributed by atoms with E-state index in [1.807, 2.05) is 20.8 Å². The van der Waals surface area contributed by atoms with Gasteiger partial charge in [-0.1, -0.05) is 0 Å². The highest BCUT2D eigenvalue weighted by Crippen LogP contribution is 2.13. The second kappa shape index (κ2) is 4.94. The molecule has 1 aromatic rings. The first-order chi connectivity index (χ1) is 7.29. The number of carbonyl (C=O) groups is 1. The number of nitrogens with zero attached hydrogens (tertiary/aromatic N) is 3. The van der Waals surface area contributed by atoms with Crippen molar-refractivity contribution in [3.05, 3.63) is 16.0 Å². The van der Waals surface area contributed by atoms with E-state index in [9.17, 15) is 4.79 Å². The summed E-state index contributed by atoms with van der Waals surface area (Å²) < 4.78 is 6.10. The second-order valence-electron chi connectivity index (χ2n) is 4.24. The maximum absolute atomic E-state index is 11.7. The molecule has 1 rings (SSSR count). The van der Waals surface area contributed by atoms with Crippen LogP contribution in [0.3, 0.4) is 0 Å². The molecule has 88 valence electrons. The number of carbonyl (C=O) groups excluding carboxylic acids is 1. The minimum atomic E-state index is -0.519. The van der Waals surface area contributed by atoms with E-state index in [0.29, 0.717) is 5.95 Å². The maximum atomic E-state index is 11.7. The van der Waals surface area contributed by atoms with Gasteiger partial charge in [0.05, 0.1) is 0 Å². The number of ether oxygens (including phenoxy) is 1. The third-order valence-electron chi connectivity index (χ3n) is 1.57. The Morgan fingerprint density at radius 2 is 1.88 bits per heavy atom. The summed E-state index contributed by atoms with van der Waals surface area (Å²) in [5.41, 5.74) is -0.519. The Balaban J connectivity index is 2.74. The molecule has 1 aromatic heterocycles. The fourth-order valence-corrected chi connectivity index (χ4v) is 1.17. The Labute approximate surface area is 108 Å². The summed E-state index contributed by atoms with van der Waals surface area (Å²) in [6.45, 7) is 5.44. The van der Waals surface area contributed by atoms with Crippen LogP contribution in [-0.4, -0.2) is 28.7 Å². The summed E-state index contributed by atoms with van der Waals surface area (Å²) in [6, 6.07) is 0. The molecule has 0 unspecified atom stereocenters. The number of rotatable bonds is 1. The zero-order chi connectivity index (χ0) is 12.3. The molecular formula is C10H14IN3O2. The normalized spacial score (nSPS) is 11.1. The van der Waals surface area contributed by atoms with Crippen molar-refractivity contribution in [2.45, 2.75) is 26.4 Å². The molecule has 0 radical (unpaired) electrons. The van der Waals surface area contributed by atoms with E-state index in [2.05, 4.69) is 32.6 Å². The maximum Gasteiger partial charge on any atom is 0.416 e. The highest BCUT2D eigenvalue weighted by molar-refractivity contribution is 14.1. The largest absolute Gasteiger partial charge is 0.443 e. The van der Waals surface area contributed by atoms with E-state index < -0.39 is 11.7 Å². The molecule has 16 heavy (non-hydrogen) atoms. The van der Waals surface area contributed by atoms with Crippen LogP contribution in [0, 0.1) is 3.57 Å². The number of anilines is 1. The second-order valence-corrected chi connectivity index (χ2v) is 5.49. The van der Waals surface area contributed by atoms with Crippen molar-refractivity contribution in [3.8, 4) is 0 Å². The van der Waals surface area contributed by atoms with Gasteiger partial charge in [-0.05, 0) is 43.4 Å². The predicted octanol–water partition coefficient (Wildman–Crippen LogP) is 2.45. The molecular weight excluding hydrogens is 321 g/mol. The Kier molecular flexibility index (Phi) is 4.06. The van der Waals surface area contributed by atoms with Gasteiger partial charge in [0.2, 0.25) is 5.95 Å². The first kappa shape index (κ1) is 13.1. The lowest BCUT2D eigenvalue weighted by Gasteiger charge is -2.23. The van der Waals surface area contributed by atoms with E-state index in [1.165, 1.54) is 4.90 Å². The SMILES string of the molecule is CN(C(=O)OC(C)(C)C)c1ncc(I)cn1. The summed E-state index contributed by atoms with van der Waals surface area (Å²) in [5, 5.41) is 0. The standard InChI is InChI=1S/C10H14IN3O2/c1-10(2,3)16-9(15)14(4)8-12-5-7(11)6-13-8/h5-6H,1-4H3. The van der Waals surface area contributed by atoms with E-state index in [-0.39, 0.29) is 0 Å². The molecule has 0 atom stereocenters. The number of halogens is 1. The zero-order valence-corrected chi connectivity index (χ0v) is 11.8. The van der Waals surface area contributed by atoms with Gasteiger partial charge >= 0.3 is 6.09 Å². The van der Waals surface area contributed by atoms with Gasteiger partial charge in [-0.25, -0.2) is 19.7 Å². The van der Waals surface area contributed by atoms with Crippen molar-refractivity contribution in [1.29, 1.82) is 0 Å². The molecule has 5 nitrogen and oxygen atoms in total. The van der Waals surface area contributed by atoms with Crippen LogP contribution in [0.5, 0.6) is 0 Å². The molecule has 6 heteroatoms. The fraction of sp³-hybridized carbons (Fsp3) is 0.500. The molecule has 0 saturated carbocycles. The first-order valence-electron chi connectivity index (χ1n) is 4.74. The van der Waals surface area contributed by atoms with Crippen molar-refractivity contribution in [1.82, 2.24) is 9.97 Å². The lowest BCUT2D eigenvalue weighted by molar-refractivity contribution is 0.0587.